The number of rotatable bonds is 11. The molecular formula is C36H62F2N5O2P. The van der Waals surface area contributed by atoms with Gasteiger partial charge in [-0.15, -0.1) is 0 Å². The van der Waals surface area contributed by atoms with Gasteiger partial charge in [-0.1, -0.05) is 55.5 Å². The molecule has 3 aliphatic heterocycles. The lowest BCUT2D eigenvalue weighted by Crippen LogP contribution is -2.60. The van der Waals surface area contributed by atoms with Gasteiger partial charge in [-0.2, -0.15) is 0 Å². The monoisotopic (exact) mass is 665 g/mol. The zero-order valence-corrected chi connectivity index (χ0v) is 29.8. The number of fused-ring (bicyclic) bond motifs is 1. The van der Waals surface area contributed by atoms with Crippen LogP contribution in [0.4, 0.5) is 8.78 Å². The molecule has 3 saturated carbocycles. The zero-order chi connectivity index (χ0) is 33.2. The second kappa shape index (κ2) is 15.7. The maximum absolute atomic E-state index is 14.0. The van der Waals surface area contributed by atoms with Gasteiger partial charge in [-0.05, 0) is 89.0 Å². The number of alkyl halides is 2. The van der Waals surface area contributed by atoms with Crippen LogP contribution >= 0.6 is 9.24 Å². The molecule has 9 unspecified atom stereocenters. The molecule has 46 heavy (non-hydrogen) atoms. The van der Waals surface area contributed by atoms with E-state index >= 15 is 0 Å². The fraction of sp³-hybridized carbons (Fsp3) is 0.861. The van der Waals surface area contributed by atoms with Gasteiger partial charge in [0.15, 0.2) is 5.78 Å². The topological polar surface area (TPSA) is 82.9 Å². The van der Waals surface area contributed by atoms with Gasteiger partial charge in [-0.3, -0.25) is 4.79 Å². The van der Waals surface area contributed by atoms with E-state index < -0.39 is 11.7 Å². The molecule has 262 valence electrons. The highest BCUT2D eigenvalue weighted by Crippen LogP contribution is 2.47. The third-order valence-corrected chi connectivity index (χ3v) is 12.6. The van der Waals surface area contributed by atoms with Crippen molar-refractivity contribution in [3.05, 3.63) is 24.9 Å². The molecular weight excluding hydrogens is 603 g/mol. The molecule has 4 N–H and O–H groups in total. The van der Waals surface area contributed by atoms with E-state index in [2.05, 4.69) is 47.7 Å². The van der Waals surface area contributed by atoms with Crippen molar-refractivity contribution >= 4 is 15.0 Å². The van der Waals surface area contributed by atoms with Gasteiger partial charge in [0.05, 0.1) is 24.3 Å². The molecule has 3 heterocycles. The Morgan fingerprint density at radius 1 is 1.11 bits per heavy atom. The molecule has 6 rings (SSSR count). The largest absolute Gasteiger partial charge is 0.373 e. The van der Waals surface area contributed by atoms with Crippen LogP contribution in [0.2, 0.25) is 0 Å². The number of hydrogen-bond acceptors (Lipinski definition) is 7. The standard InChI is InChI=1S/C32H56F2N5OP.C4H6O/c1-4-26-30-27(15-16-38(26)19(3)24-18-36-29(17-25(24)35)32(33,34)41)39(37-31(30)28(5-2)40-23-13-14-23)22-11-9-21(10-12-22)20-7-6-8-20;1-3-4(2)5/h20-31,36-37H,3-18,35,41H2,1-2H3;3H,1H2,2H3. The van der Waals surface area contributed by atoms with Gasteiger partial charge >= 0.3 is 0 Å². The quantitative estimate of drug-likeness (QED) is 0.184. The Hall–Kier alpha value is -0.960. The van der Waals surface area contributed by atoms with Gasteiger partial charge in [0.1, 0.15) is 0 Å². The number of carbonyl (C=O) groups excluding carboxylic acids is 1. The van der Waals surface area contributed by atoms with Gasteiger partial charge in [0, 0.05) is 54.8 Å². The Morgan fingerprint density at radius 3 is 2.26 bits per heavy atom. The number of nitrogens with two attached hydrogens (primary N) is 1. The van der Waals surface area contributed by atoms with Crippen molar-refractivity contribution in [2.45, 2.75) is 158 Å². The van der Waals surface area contributed by atoms with Crippen LogP contribution in [0.3, 0.4) is 0 Å². The number of piperidine rings is 2. The van der Waals surface area contributed by atoms with Gasteiger partial charge in [0.2, 0.25) is 0 Å². The molecule has 9 atom stereocenters. The van der Waals surface area contributed by atoms with E-state index in [0.717, 1.165) is 43.3 Å². The summed E-state index contributed by atoms with van der Waals surface area (Å²) in [6.07, 6.45) is 17.4. The van der Waals surface area contributed by atoms with E-state index in [1.54, 1.807) is 9.24 Å². The van der Waals surface area contributed by atoms with E-state index in [1.807, 2.05) is 0 Å². The fourth-order valence-electron chi connectivity index (χ4n) is 9.27. The lowest BCUT2D eigenvalue weighted by molar-refractivity contribution is -0.112. The Bertz CT molecular complexity index is 1040. The molecule has 0 spiro atoms. The molecule has 0 radical (unpaired) electrons. The predicted molar refractivity (Wildman–Crippen MR) is 185 cm³/mol. The van der Waals surface area contributed by atoms with Crippen molar-refractivity contribution < 1.29 is 18.3 Å². The normalized spacial score (nSPS) is 37.8. The van der Waals surface area contributed by atoms with Crippen molar-refractivity contribution in [3.8, 4) is 0 Å². The summed E-state index contributed by atoms with van der Waals surface area (Å²) in [7, 11) is 1.69. The molecule has 0 amide bonds. The van der Waals surface area contributed by atoms with Crippen molar-refractivity contribution in [3.63, 3.8) is 0 Å². The van der Waals surface area contributed by atoms with Crippen LogP contribution in [0.15, 0.2) is 24.9 Å². The number of likely N-dealkylation sites (tertiary alicyclic amines) is 1. The summed E-state index contributed by atoms with van der Waals surface area (Å²) < 4.78 is 34.8. The second-order valence-electron chi connectivity index (χ2n) is 15.2. The number of ketones is 1. The van der Waals surface area contributed by atoms with E-state index in [4.69, 9.17) is 10.5 Å². The van der Waals surface area contributed by atoms with E-state index in [9.17, 15) is 13.6 Å². The molecule has 0 aromatic heterocycles. The number of nitrogens with zero attached hydrogens (tertiary/aromatic N) is 2. The highest BCUT2D eigenvalue weighted by molar-refractivity contribution is 7.18. The third kappa shape index (κ3) is 8.25. The first kappa shape index (κ1) is 36.3. The fourth-order valence-corrected chi connectivity index (χ4v) is 9.52. The summed E-state index contributed by atoms with van der Waals surface area (Å²) in [4.78, 5) is 12.2. The number of hydrazine groups is 1. The third-order valence-electron chi connectivity index (χ3n) is 12.2. The van der Waals surface area contributed by atoms with Gasteiger partial charge < -0.3 is 20.7 Å². The van der Waals surface area contributed by atoms with Crippen molar-refractivity contribution in [1.29, 1.82) is 0 Å². The maximum atomic E-state index is 14.0. The van der Waals surface area contributed by atoms with Crippen LogP contribution in [0.25, 0.3) is 0 Å². The zero-order valence-electron chi connectivity index (χ0n) is 28.6. The van der Waals surface area contributed by atoms with E-state index in [1.165, 1.54) is 70.8 Å². The molecule has 6 aliphatic rings. The Labute approximate surface area is 279 Å². The smallest absolute Gasteiger partial charge is 0.273 e. The number of halogens is 2. The molecule has 7 nitrogen and oxygen atoms in total. The first-order valence-corrected chi connectivity index (χ1v) is 19.0. The summed E-state index contributed by atoms with van der Waals surface area (Å²) >= 11 is 0. The molecule has 3 saturated heterocycles. The summed E-state index contributed by atoms with van der Waals surface area (Å²) in [5, 5.41) is 5.81. The predicted octanol–water partition coefficient (Wildman–Crippen LogP) is 6.01. The Kier molecular flexibility index (Phi) is 12.4. The average Bonchev–Trinajstić information content (AvgIpc) is 3.76. The van der Waals surface area contributed by atoms with Crippen molar-refractivity contribution in [2.75, 3.05) is 13.1 Å². The van der Waals surface area contributed by atoms with Crippen LogP contribution in [-0.4, -0.2) is 82.9 Å². The molecule has 0 aromatic carbocycles. The van der Waals surface area contributed by atoms with Crippen LogP contribution < -0.4 is 16.5 Å². The van der Waals surface area contributed by atoms with E-state index in [0.29, 0.717) is 36.7 Å². The Morgan fingerprint density at radius 2 is 1.76 bits per heavy atom. The molecule has 0 bridgehead atoms. The molecule has 6 fully saturated rings. The lowest BCUT2D eigenvalue weighted by atomic mass is 9.69. The summed E-state index contributed by atoms with van der Waals surface area (Å²) in [6.45, 7) is 15.3. The van der Waals surface area contributed by atoms with E-state index in [-0.39, 0.29) is 36.3 Å². The van der Waals surface area contributed by atoms with Gasteiger partial charge in [-0.25, -0.2) is 19.2 Å². The number of nitrogens with one attached hydrogen (secondary N) is 2. The van der Waals surface area contributed by atoms with Crippen molar-refractivity contribution in [2.24, 2.45) is 29.4 Å². The number of hydrogen-bond donors (Lipinski definition) is 3. The summed E-state index contributed by atoms with van der Waals surface area (Å²) in [5.41, 5.74) is 8.89. The van der Waals surface area contributed by atoms with Crippen LogP contribution in [-0.2, 0) is 9.53 Å². The first-order valence-electron chi connectivity index (χ1n) is 18.4. The number of allylic oxidation sites excluding steroid dienone is 1. The SMILES string of the molecule is C=C(C1CNC(C(F)(F)P)CC1N)N1CCC2C(C(C(CC)OC3CC3)NN2C2CCC(C3CCC3)CC2)C1CC.C=CC(C)=O. The minimum Gasteiger partial charge on any atom is -0.373 e. The number of ether oxygens (including phenoxy) is 1. The van der Waals surface area contributed by atoms with Crippen LogP contribution in [0.5, 0.6) is 0 Å². The molecule has 10 heteroatoms. The lowest BCUT2D eigenvalue weighted by Gasteiger charge is -2.51. The minimum atomic E-state index is -2.85. The first-order chi connectivity index (χ1) is 22.0. The highest BCUT2D eigenvalue weighted by atomic mass is 31.0. The second-order valence-corrected chi connectivity index (χ2v) is 15.9. The van der Waals surface area contributed by atoms with Crippen LogP contribution in [0, 0.1) is 23.7 Å². The highest BCUT2D eigenvalue weighted by Gasteiger charge is 2.55. The van der Waals surface area contributed by atoms with Crippen LogP contribution in [0.1, 0.15) is 104 Å². The molecule has 0 aromatic rings. The van der Waals surface area contributed by atoms with Gasteiger partial charge in [0.25, 0.3) is 5.66 Å². The average molecular weight is 666 g/mol. The van der Waals surface area contributed by atoms with Crippen molar-refractivity contribution in [1.82, 2.24) is 20.7 Å². The molecule has 3 aliphatic carbocycles. The summed E-state index contributed by atoms with van der Waals surface area (Å²) in [5.74, 6) is 2.37. The summed E-state index contributed by atoms with van der Waals surface area (Å²) in [6, 6.07) is 0.497. The minimum absolute atomic E-state index is 0.0185. The Balaban J connectivity index is 0.000000775. The number of carbonyl (C=O) groups is 1. The maximum Gasteiger partial charge on any atom is 0.273 e.